The van der Waals surface area contributed by atoms with Crippen LogP contribution in [0.2, 0.25) is 5.02 Å². The smallest absolute Gasteiger partial charge is 0.146 e. The fourth-order valence-corrected chi connectivity index (χ4v) is 4.26. The molecule has 0 radical (unpaired) electrons. The SMILES string of the molecule is COCOCC1O[C@@H](c2ccc(Cl)c(CBr)c2)[C@@H](OCOC)[C@H](OCOC)[C@@H]1OCOC. The Morgan fingerprint density at radius 2 is 1.44 bits per heavy atom. The van der Waals surface area contributed by atoms with Gasteiger partial charge in [0.25, 0.3) is 0 Å². The second kappa shape index (κ2) is 15.5. The maximum absolute atomic E-state index is 6.47. The first-order valence-corrected chi connectivity index (χ1v) is 11.5. The Kier molecular flexibility index (Phi) is 13.5. The van der Waals surface area contributed by atoms with Gasteiger partial charge in [0, 0.05) is 38.8 Å². The van der Waals surface area contributed by atoms with E-state index in [0.717, 1.165) is 11.1 Å². The highest BCUT2D eigenvalue weighted by Gasteiger charge is 2.49. The number of hydrogen-bond acceptors (Lipinski definition) is 9. The zero-order valence-corrected chi connectivity index (χ0v) is 21.1. The van der Waals surface area contributed by atoms with Gasteiger partial charge in [-0.2, -0.15) is 0 Å². The molecule has 2 rings (SSSR count). The van der Waals surface area contributed by atoms with Crippen LogP contribution in [-0.4, -0.2) is 86.6 Å². The second-order valence-corrected chi connectivity index (χ2v) is 7.94. The number of halogens is 2. The summed E-state index contributed by atoms with van der Waals surface area (Å²) in [5.41, 5.74) is 1.80. The van der Waals surface area contributed by atoms with Gasteiger partial charge in [0.05, 0.1) is 6.61 Å². The maximum Gasteiger partial charge on any atom is 0.146 e. The molecule has 0 N–H and O–H groups in total. The lowest BCUT2D eigenvalue weighted by Crippen LogP contribution is -2.58. The largest absolute Gasteiger partial charge is 0.362 e. The molecule has 1 fully saturated rings. The number of hydrogen-bond donors (Lipinski definition) is 0. The van der Waals surface area contributed by atoms with Crippen LogP contribution in [0.1, 0.15) is 17.2 Å². The van der Waals surface area contributed by atoms with Crippen LogP contribution < -0.4 is 0 Å². The zero-order valence-electron chi connectivity index (χ0n) is 18.8. The lowest BCUT2D eigenvalue weighted by atomic mass is 9.90. The van der Waals surface area contributed by atoms with Crippen LogP contribution >= 0.6 is 27.5 Å². The van der Waals surface area contributed by atoms with Crippen molar-refractivity contribution in [3.05, 3.63) is 34.3 Å². The Bertz CT molecular complexity index is 654. The molecule has 0 spiro atoms. The fraction of sp³-hybridized carbons (Fsp3) is 0.714. The van der Waals surface area contributed by atoms with E-state index < -0.39 is 30.5 Å². The first kappa shape index (κ1) is 27.9. The molecule has 32 heavy (non-hydrogen) atoms. The topological polar surface area (TPSA) is 83.1 Å². The molecular weight excluding hydrogens is 512 g/mol. The molecule has 1 saturated heterocycles. The van der Waals surface area contributed by atoms with Gasteiger partial charge < -0.3 is 42.6 Å². The van der Waals surface area contributed by atoms with E-state index in [9.17, 15) is 0 Å². The summed E-state index contributed by atoms with van der Waals surface area (Å²) in [4.78, 5) is 0. The molecule has 0 amide bonds. The van der Waals surface area contributed by atoms with E-state index in [4.69, 9.17) is 54.2 Å². The molecule has 0 aromatic heterocycles. The molecule has 11 heteroatoms. The predicted octanol–water partition coefficient (Wildman–Crippen LogP) is 3.26. The third-order valence-corrected chi connectivity index (χ3v) is 5.77. The van der Waals surface area contributed by atoms with Crippen molar-refractivity contribution < 1.29 is 42.6 Å². The average Bonchev–Trinajstić information content (AvgIpc) is 2.81. The minimum atomic E-state index is -0.574. The first-order valence-electron chi connectivity index (χ1n) is 9.99. The summed E-state index contributed by atoms with van der Waals surface area (Å²) in [7, 11) is 6.20. The van der Waals surface area contributed by atoms with Gasteiger partial charge in [-0.25, -0.2) is 0 Å². The molecule has 5 atom stereocenters. The molecule has 1 aliphatic rings. The van der Waals surface area contributed by atoms with Crippen molar-refractivity contribution in [3.63, 3.8) is 0 Å². The lowest BCUT2D eigenvalue weighted by molar-refractivity contribution is -0.299. The highest BCUT2D eigenvalue weighted by atomic mass is 79.9. The van der Waals surface area contributed by atoms with Crippen molar-refractivity contribution in [2.24, 2.45) is 0 Å². The molecule has 1 aromatic rings. The Hall–Kier alpha value is -0.370. The fourth-order valence-electron chi connectivity index (χ4n) is 3.45. The van der Waals surface area contributed by atoms with Crippen molar-refractivity contribution in [1.82, 2.24) is 0 Å². The molecule has 0 saturated carbocycles. The van der Waals surface area contributed by atoms with E-state index in [0.29, 0.717) is 10.4 Å². The summed E-state index contributed by atoms with van der Waals surface area (Å²) in [5.74, 6) is 0. The van der Waals surface area contributed by atoms with Gasteiger partial charge in [-0.1, -0.05) is 39.7 Å². The number of benzene rings is 1. The normalized spacial score (nSPS) is 25.9. The third kappa shape index (κ3) is 7.85. The Labute approximate surface area is 202 Å². The van der Waals surface area contributed by atoms with Gasteiger partial charge in [0.1, 0.15) is 57.7 Å². The van der Waals surface area contributed by atoms with Gasteiger partial charge in [-0.05, 0) is 17.2 Å². The maximum atomic E-state index is 6.47. The minimum Gasteiger partial charge on any atom is -0.362 e. The van der Waals surface area contributed by atoms with E-state index in [-0.39, 0.29) is 33.8 Å². The molecule has 9 nitrogen and oxygen atoms in total. The van der Waals surface area contributed by atoms with E-state index in [1.165, 1.54) is 0 Å². The standard InChI is InChI=1S/C21H32BrClO9/c1-24-10-28-9-17-19(29-11-25-2)21(31-13-27-4)20(30-12-26-3)18(32-17)14-5-6-16(23)15(7-14)8-22/h5-7,17-21H,8-13H2,1-4H3/t17?,18-,19+,20+,21+/m0/s1. The molecule has 1 heterocycles. The highest BCUT2D eigenvalue weighted by molar-refractivity contribution is 9.08. The van der Waals surface area contributed by atoms with Crippen molar-refractivity contribution in [2.75, 3.05) is 62.2 Å². The van der Waals surface area contributed by atoms with Crippen molar-refractivity contribution in [2.45, 2.75) is 35.8 Å². The van der Waals surface area contributed by atoms with E-state index in [1.54, 1.807) is 28.4 Å². The minimum absolute atomic E-state index is 0.0377. The van der Waals surface area contributed by atoms with Crippen molar-refractivity contribution >= 4 is 27.5 Å². The average molecular weight is 544 g/mol. The van der Waals surface area contributed by atoms with Crippen LogP contribution in [0.25, 0.3) is 0 Å². The second-order valence-electron chi connectivity index (χ2n) is 6.97. The molecule has 0 bridgehead atoms. The quantitative estimate of drug-likeness (QED) is 0.188. The van der Waals surface area contributed by atoms with Gasteiger partial charge in [-0.3, -0.25) is 0 Å². The molecule has 0 aliphatic carbocycles. The van der Waals surface area contributed by atoms with Gasteiger partial charge >= 0.3 is 0 Å². The summed E-state index contributed by atoms with van der Waals surface area (Å²) < 4.78 is 50.6. The Balaban J connectivity index is 2.43. The summed E-state index contributed by atoms with van der Waals surface area (Å²) >= 11 is 9.79. The summed E-state index contributed by atoms with van der Waals surface area (Å²) in [6, 6.07) is 5.71. The molecule has 1 aliphatic heterocycles. The van der Waals surface area contributed by atoms with Crippen LogP contribution in [-0.2, 0) is 48.0 Å². The number of ether oxygens (including phenoxy) is 9. The molecule has 184 valence electrons. The van der Waals surface area contributed by atoms with E-state index in [1.807, 2.05) is 18.2 Å². The predicted molar refractivity (Wildman–Crippen MR) is 120 cm³/mol. The summed E-state index contributed by atoms with van der Waals surface area (Å²) in [6.07, 6.45) is -2.73. The third-order valence-electron chi connectivity index (χ3n) is 4.79. The number of rotatable bonds is 15. The van der Waals surface area contributed by atoms with Crippen LogP contribution in [0.3, 0.4) is 0 Å². The summed E-state index contributed by atoms with van der Waals surface area (Å²) in [5, 5.41) is 1.25. The highest BCUT2D eigenvalue weighted by Crippen LogP contribution is 2.38. The van der Waals surface area contributed by atoms with Gasteiger partial charge in [0.15, 0.2) is 0 Å². The van der Waals surface area contributed by atoms with E-state index in [2.05, 4.69) is 15.9 Å². The molecule has 1 aromatic carbocycles. The van der Waals surface area contributed by atoms with Crippen LogP contribution in [0.4, 0.5) is 0 Å². The van der Waals surface area contributed by atoms with E-state index >= 15 is 0 Å². The summed E-state index contributed by atoms with van der Waals surface area (Å²) in [6.45, 7) is 0.441. The van der Waals surface area contributed by atoms with Crippen LogP contribution in [0.15, 0.2) is 18.2 Å². The first-order chi connectivity index (χ1) is 15.6. The van der Waals surface area contributed by atoms with Gasteiger partial charge in [-0.15, -0.1) is 0 Å². The van der Waals surface area contributed by atoms with Crippen LogP contribution in [0, 0.1) is 0 Å². The monoisotopic (exact) mass is 542 g/mol. The molecular formula is C21H32BrClO9. The lowest BCUT2D eigenvalue weighted by Gasteiger charge is -2.46. The van der Waals surface area contributed by atoms with Crippen molar-refractivity contribution in [1.29, 1.82) is 0 Å². The number of alkyl halides is 1. The van der Waals surface area contributed by atoms with Crippen molar-refractivity contribution in [3.8, 4) is 0 Å². The molecule has 1 unspecified atom stereocenters. The van der Waals surface area contributed by atoms with Crippen LogP contribution in [0.5, 0.6) is 0 Å². The van der Waals surface area contributed by atoms with Gasteiger partial charge in [0.2, 0.25) is 0 Å². The zero-order chi connectivity index (χ0) is 23.3. The number of methoxy groups -OCH3 is 4. The Morgan fingerprint density at radius 3 is 2.03 bits per heavy atom. The Morgan fingerprint density at radius 1 is 0.844 bits per heavy atom.